The van der Waals surface area contributed by atoms with Gasteiger partial charge in [-0.25, -0.2) is 0 Å². The standard InChI is InChI=1S/C24H22O2S2/c25-21(16-8-7-13-19-11-3-1-4-12-19)22(24-27-17-9-10-18-28-24)23(26)20-14-5-2-6-15-20/h1-8,11-16H,9-10,17-18H2/b13-7-,16-8+. The van der Waals surface area contributed by atoms with E-state index in [0.29, 0.717) is 11.1 Å². The lowest BCUT2D eigenvalue weighted by molar-refractivity contribution is -0.111. The number of ketones is 2. The van der Waals surface area contributed by atoms with Gasteiger partial charge in [-0.2, -0.15) is 0 Å². The highest BCUT2D eigenvalue weighted by atomic mass is 32.2. The van der Waals surface area contributed by atoms with Crippen LogP contribution in [0.3, 0.4) is 0 Å². The summed E-state index contributed by atoms with van der Waals surface area (Å²) in [7, 11) is 0. The Labute approximate surface area is 174 Å². The topological polar surface area (TPSA) is 34.1 Å². The first-order valence-electron chi connectivity index (χ1n) is 9.29. The normalized spacial score (nSPS) is 14.9. The van der Waals surface area contributed by atoms with Crippen molar-refractivity contribution in [2.45, 2.75) is 12.8 Å². The Hall–Kier alpha value is -2.30. The van der Waals surface area contributed by atoms with E-state index < -0.39 is 0 Å². The molecule has 1 aliphatic rings. The summed E-state index contributed by atoms with van der Waals surface area (Å²) in [5.74, 6) is 1.46. The van der Waals surface area contributed by atoms with Gasteiger partial charge in [-0.15, -0.1) is 23.5 Å². The van der Waals surface area contributed by atoms with Crippen molar-refractivity contribution in [2.24, 2.45) is 0 Å². The van der Waals surface area contributed by atoms with Crippen LogP contribution in [-0.2, 0) is 4.79 Å². The number of hydrogen-bond donors (Lipinski definition) is 0. The molecule has 0 aliphatic carbocycles. The summed E-state index contributed by atoms with van der Waals surface area (Å²) in [5.41, 5.74) is 1.91. The molecule has 0 unspecified atom stereocenters. The first-order chi connectivity index (χ1) is 13.8. The van der Waals surface area contributed by atoms with Gasteiger partial charge in [0.15, 0.2) is 11.6 Å². The minimum absolute atomic E-state index is 0.195. The van der Waals surface area contributed by atoms with Crippen LogP contribution in [0.25, 0.3) is 6.08 Å². The predicted molar refractivity (Wildman–Crippen MR) is 122 cm³/mol. The summed E-state index contributed by atoms with van der Waals surface area (Å²) in [6.45, 7) is 0. The van der Waals surface area contributed by atoms with E-state index in [9.17, 15) is 9.59 Å². The maximum Gasteiger partial charge on any atom is 0.198 e. The van der Waals surface area contributed by atoms with E-state index in [1.807, 2.05) is 60.7 Å². The van der Waals surface area contributed by atoms with Crippen molar-refractivity contribution < 1.29 is 9.59 Å². The van der Waals surface area contributed by atoms with Crippen molar-refractivity contribution >= 4 is 41.2 Å². The van der Waals surface area contributed by atoms with Gasteiger partial charge in [0.25, 0.3) is 0 Å². The number of Topliss-reactive ketones (excluding diaryl/α,β-unsaturated/α-hetero) is 1. The van der Waals surface area contributed by atoms with Crippen molar-refractivity contribution in [3.8, 4) is 0 Å². The molecule has 4 heteroatoms. The van der Waals surface area contributed by atoms with Crippen LogP contribution in [0.5, 0.6) is 0 Å². The molecule has 2 aromatic carbocycles. The molecule has 0 amide bonds. The Morgan fingerprint density at radius 3 is 2.04 bits per heavy atom. The fraction of sp³-hybridized carbons (Fsp3) is 0.167. The lowest BCUT2D eigenvalue weighted by atomic mass is 10.0. The van der Waals surface area contributed by atoms with Crippen LogP contribution in [0.4, 0.5) is 0 Å². The van der Waals surface area contributed by atoms with E-state index in [-0.39, 0.29) is 11.6 Å². The van der Waals surface area contributed by atoms with Gasteiger partial charge >= 0.3 is 0 Å². The van der Waals surface area contributed by atoms with Gasteiger partial charge in [0.2, 0.25) is 0 Å². The van der Waals surface area contributed by atoms with E-state index in [1.165, 1.54) is 6.08 Å². The first-order valence-corrected chi connectivity index (χ1v) is 11.3. The molecular formula is C24H22O2S2. The molecule has 0 atom stereocenters. The SMILES string of the molecule is O=C(/C=C/C=C\c1ccccc1)C(C(=O)c1ccccc1)=C1SCCCCS1. The molecule has 0 spiro atoms. The van der Waals surface area contributed by atoms with Gasteiger partial charge in [0.05, 0.1) is 9.81 Å². The monoisotopic (exact) mass is 406 g/mol. The smallest absolute Gasteiger partial charge is 0.198 e. The number of carbonyl (C=O) groups excluding carboxylic acids is 2. The quantitative estimate of drug-likeness (QED) is 0.189. The molecule has 142 valence electrons. The summed E-state index contributed by atoms with van der Waals surface area (Å²) < 4.78 is 0.855. The highest BCUT2D eigenvalue weighted by molar-refractivity contribution is 8.22. The zero-order valence-electron chi connectivity index (χ0n) is 15.5. The van der Waals surface area contributed by atoms with Gasteiger partial charge in [0.1, 0.15) is 0 Å². The summed E-state index contributed by atoms with van der Waals surface area (Å²) in [4.78, 5) is 26.0. The number of rotatable bonds is 6. The summed E-state index contributed by atoms with van der Waals surface area (Å²) >= 11 is 3.26. The Morgan fingerprint density at radius 1 is 0.786 bits per heavy atom. The predicted octanol–water partition coefficient (Wildman–Crippen LogP) is 6.18. The Bertz CT molecular complexity index is 887. The molecule has 1 saturated heterocycles. The zero-order chi connectivity index (χ0) is 19.6. The minimum atomic E-state index is -0.233. The summed E-state index contributed by atoms with van der Waals surface area (Å²) in [6.07, 6.45) is 9.19. The molecule has 28 heavy (non-hydrogen) atoms. The van der Waals surface area contributed by atoms with Crippen molar-refractivity contribution in [3.63, 3.8) is 0 Å². The van der Waals surface area contributed by atoms with E-state index >= 15 is 0 Å². The number of hydrogen-bond acceptors (Lipinski definition) is 4. The third-order valence-electron chi connectivity index (χ3n) is 4.17. The molecule has 0 aromatic heterocycles. The lowest BCUT2D eigenvalue weighted by Crippen LogP contribution is -2.13. The van der Waals surface area contributed by atoms with Crippen LogP contribution < -0.4 is 0 Å². The van der Waals surface area contributed by atoms with Gasteiger partial charge in [-0.3, -0.25) is 9.59 Å². The molecule has 2 nitrogen and oxygen atoms in total. The molecule has 0 bridgehead atoms. The molecule has 1 fully saturated rings. The van der Waals surface area contributed by atoms with Crippen LogP contribution in [0.1, 0.15) is 28.8 Å². The Balaban J connectivity index is 1.84. The number of allylic oxidation sites excluding steroid dienone is 4. The van der Waals surface area contributed by atoms with E-state index in [4.69, 9.17) is 0 Å². The number of thioether (sulfide) groups is 2. The van der Waals surface area contributed by atoms with Gasteiger partial charge in [-0.1, -0.05) is 78.9 Å². The van der Waals surface area contributed by atoms with Crippen molar-refractivity contribution in [2.75, 3.05) is 11.5 Å². The molecule has 0 radical (unpaired) electrons. The van der Waals surface area contributed by atoms with Crippen LogP contribution in [0.15, 0.2) is 88.7 Å². The first kappa shape index (κ1) is 20.4. The maximum absolute atomic E-state index is 13.1. The van der Waals surface area contributed by atoms with E-state index in [1.54, 1.807) is 41.7 Å². The zero-order valence-corrected chi connectivity index (χ0v) is 17.2. The molecule has 0 N–H and O–H groups in total. The third-order valence-corrected chi connectivity index (χ3v) is 6.79. The maximum atomic E-state index is 13.1. The van der Waals surface area contributed by atoms with E-state index in [2.05, 4.69) is 0 Å². The van der Waals surface area contributed by atoms with Crippen LogP contribution in [0.2, 0.25) is 0 Å². The summed E-state index contributed by atoms with van der Waals surface area (Å²) in [5, 5.41) is 0. The van der Waals surface area contributed by atoms with Crippen molar-refractivity contribution in [1.82, 2.24) is 0 Å². The number of benzene rings is 2. The highest BCUT2D eigenvalue weighted by Gasteiger charge is 2.24. The Morgan fingerprint density at radius 2 is 1.39 bits per heavy atom. The average Bonchev–Trinajstić information content (AvgIpc) is 3.02. The summed E-state index contributed by atoms with van der Waals surface area (Å²) in [6, 6.07) is 18.9. The van der Waals surface area contributed by atoms with Crippen molar-refractivity contribution in [3.05, 3.63) is 99.8 Å². The van der Waals surface area contributed by atoms with Gasteiger partial charge in [-0.05, 0) is 36.0 Å². The molecule has 1 aliphatic heterocycles. The lowest BCUT2D eigenvalue weighted by Gasteiger charge is -2.10. The highest BCUT2D eigenvalue weighted by Crippen LogP contribution is 2.37. The van der Waals surface area contributed by atoms with Crippen LogP contribution >= 0.6 is 23.5 Å². The van der Waals surface area contributed by atoms with Crippen molar-refractivity contribution in [1.29, 1.82) is 0 Å². The molecule has 0 saturated carbocycles. The Kier molecular flexibility index (Phi) is 7.94. The van der Waals surface area contributed by atoms with Crippen LogP contribution in [-0.4, -0.2) is 23.1 Å². The second-order valence-corrected chi connectivity index (χ2v) is 8.72. The molecular weight excluding hydrogens is 384 g/mol. The van der Waals surface area contributed by atoms with Crippen LogP contribution in [0, 0.1) is 0 Å². The number of carbonyl (C=O) groups is 2. The third kappa shape index (κ3) is 5.85. The molecule has 3 rings (SSSR count). The van der Waals surface area contributed by atoms with Gasteiger partial charge in [0, 0.05) is 5.56 Å². The largest absolute Gasteiger partial charge is 0.289 e. The average molecular weight is 407 g/mol. The van der Waals surface area contributed by atoms with Gasteiger partial charge < -0.3 is 0 Å². The molecule has 2 aromatic rings. The fourth-order valence-electron chi connectivity index (χ4n) is 2.72. The second kappa shape index (κ2) is 10.9. The fourth-order valence-corrected chi connectivity index (χ4v) is 5.29. The second-order valence-electron chi connectivity index (χ2n) is 6.25. The minimum Gasteiger partial charge on any atom is -0.289 e. The molecule has 1 heterocycles. The van der Waals surface area contributed by atoms with E-state index in [0.717, 1.165) is 34.1 Å².